The van der Waals surface area contributed by atoms with Crippen molar-refractivity contribution >= 4 is 0 Å². The largest absolute Gasteiger partial charge is 0.381 e. The van der Waals surface area contributed by atoms with Crippen LogP contribution in [0.3, 0.4) is 0 Å². The number of nitrogens with two attached hydrogens (primary N) is 1. The van der Waals surface area contributed by atoms with Crippen LogP contribution in [0.4, 0.5) is 0 Å². The van der Waals surface area contributed by atoms with Gasteiger partial charge in [0.25, 0.3) is 0 Å². The fraction of sp³-hybridized carbons (Fsp3) is 0.750. The normalized spacial score (nSPS) is 19.9. The van der Waals surface area contributed by atoms with Gasteiger partial charge in [0.15, 0.2) is 0 Å². The van der Waals surface area contributed by atoms with Crippen molar-refractivity contribution in [1.29, 1.82) is 0 Å². The van der Waals surface area contributed by atoms with Crippen molar-refractivity contribution in [2.24, 2.45) is 12.8 Å². The Hall–Kier alpha value is -0.870. The van der Waals surface area contributed by atoms with Crippen LogP contribution < -0.4 is 5.73 Å². The molecular formula is C12H21N3O. The molecule has 2 rings (SSSR count). The maximum absolute atomic E-state index is 5.79. The Morgan fingerprint density at radius 1 is 1.56 bits per heavy atom. The highest BCUT2D eigenvalue weighted by Gasteiger charge is 2.20. The molecular weight excluding hydrogens is 202 g/mol. The van der Waals surface area contributed by atoms with E-state index in [4.69, 9.17) is 10.5 Å². The van der Waals surface area contributed by atoms with Crippen LogP contribution in [0.1, 0.15) is 37.1 Å². The molecule has 4 heteroatoms. The third-order valence-electron chi connectivity index (χ3n) is 3.14. The predicted molar refractivity (Wildman–Crippen MR) is 63.4 cm³/mol. The van der Waals surface area contributed by atoms with Gasteiger partial charge in [-0.3, -0.25) is 4.68 Å². The topological polar surface area (TPSA) is 53.1 Å². The van der Waals surface area contributed by atoms with Gasteiger partial charge in [-0.25, -0.2) is 0 Å². The summed E-state index contributed by atoms with van der Waals surface area (Å²) in [5, 5.41) is 4.52. The molecule has 1 aliphatic heterocycles. The lowest BCUT2D eigenvalue weighted by Gasteiger charge is -2.21. The molecule has 4 nitrogen and oxygen atoms in total. The van der Waals surface area contributed by atoms with Gasteiger partial charge in [-0.05, 0) is 25.8 Å². The summed E-state index contributed by atoms with van der Waals surface area (Å²) in [7, 11) is 2.02. The van der Waals surface area contributed by atoms with E-state index in [-0.39, 0.29) is 6.04 Å². The van der Waals surface area contributed by atoms with E-state index in [0.717, 1.165) is 38.2 Å². The van der Waals surface area contributed by atoms with Crippen LogP contribution in [0.25, 0.3) is 0 Å². The zero-order valence-corrected chi connectivity index (χ0v) is 10.1. The second-order valence-corrected chi connectivity index (χ2v) is 4.75. The smallest absolute Gasteiger partial charge is 0.0642 e. The van der Waals surface area contributed by atoms with Gasteiger partial charge in [-0.1, -0.05) is 0 Å². The fourth-order valence-corrected chi connectivity index (χ4v) is 2.35. The molecule has 0 aromatic carbocycles. The highest BCUT2D eigenvalue weighted by atomic mass is 16.5. The van der Waals surface area contributed by atoms with Gasteiger partial charge in [-0.2, -0.15) is 5.10 Å². The zero-order chi connectivity index (χ0) is 11.5. The van der Waals surface area contributed by atoms with Crippen molar-refractivity contribution in [3.8, 4) is 0 Å². The van der Waals surface area contributed by atoms with Crippen LogP contribution in [0.2, 0.25) is 0 Å². The molecule has 0 aliphatic carbocycles. The van der Waals surface area contributed by atoms with Gasteiger partial charge in [-0.15, -0.1) is 0 Å². The van der Waals surface area contributed by atoms with Crippen molar-refractivity contribution in [2.75, 3.05) is 13.2 Å². The lowest BCUT2D eigenvalue weighted by Crippen LogP contribution is -2.18. The zero-order valence-electron chi connectivity index (χ0n) is 10.1. The molecule has 1 aromatic heterocycles. The molecule has 2 N–H and O–H groups in total. The minimum Gasteiger partial charge on any atom is -0.381 e. The van der Waals surface area contributed by atoms with Crippen molar-refractivity contribution in [1.82, 2.24) is 9.78 Å². The number of aryl methyl sites for hydroxylation is 1. The highest BCUT2D eigenvalue weighted by Crippen LogP contribution is 2.27. The molecule has 2 heterocycles. The Balaban J connectivity index is 2.10. The van der Waals surface area contributed by atoms with Gasteiger partial charge in [0.1, 0.15) is 0 Å². The van der Waals surface area contributed by atoms with E-state index in [1.165, 1.54) is 5.69 Å². The summed E-state index contributed by atoms with van der Waals surface area (Å²) in [5.74, 6) is 0.605. The molecule has 0 spiro atoms. The average Bonchev–Trinajstić information content (AvgIpc) is 2.60. The second kappa shape index (κ2) is 4.97. The first-order valence-electron chi connectivity index (χ1n) is 6.03. The molecule has 1 saturated heterocycles. The minimum absolute atomic E-state index is 0.178. The number of nitrogens with zero attached hydrogens (tertiary/aromatic N) is 2. The number of hydrogen-bond donors (Lipinski definition) is 1. The van der Waals surface area contributed by atoms with E-state index >= 15 is 0 Å². The van der Waals surface area contributed by atoms with E-state index in [1.807, 2.05) is 18.7 Å². The first kappa shape index (κ1) is 11.6. The second-order valence-electron chi connectivity index (χ2n) is 4.75. The number of rotatable bonds is 3. The third-order valence-corrected chi connectivity index (χ3v) is 3.14. The Kier molecular flexibility index (Phi) is 3.61. The number of ether oxygens (including phenoxy) is 1. The van der Waals surface area contributed by atoms with Crippen molar-refractivity contribution in [2.45, 2.75) is 38.1 Å². The van der Waals surface area contributed by atoms with E-state index in [1.54, 1.807) is 0 Å². The Labute approximate surface area is 96.8 Å². The van der Waals surface area contributed by atoms with E-state index in [9.17, 15) is 0 Å². The lowest BCUT2D eigenvalue weighted by atomic mass is 9.96. The van der Waals surface area contributed by atoms with Crippen LogP contribution in [0, 0.1) is 0 Å². The molecule has 0 bridgehead atoms. The van der Waals surface area contributed by atoms with Gasteiger partial charge in [0.05, 0.1) is 5.69 Å². The Morgan fingerprint density at radius 2 is 2.25 bits per heavy atom. The Bertz CT molecular complexity index is 340. The van der Waals surface area contributed by atoms with Crippen LogP contribution in [-0.2, 0) is 18.2 Å². The maximum atomic E-state index is 5.79. The molecule has 1 aromatic rings. The molecule has 1 unspecified atom stereocenters. The summed E-state index contributed by atoms with van der Waals surface area (Å²) >= 11 is 0. The molecule has 16 heavy (non-hydrogen) atoms. The average molecular weight is 223 g/mol. The van der Waals surface area contributed by atoms with Crippen molar-refractivity contribution in [3.05, 3.63) is 17.5 Å². The van der Waals surface area contributed by atoms with E-state index < -0.39 is 0 Å². The van der Waals surface area contributed by atoms with Crippen LogP contribution in [0.15, 0.2) is 6.07 Å². The SMILES string of the molecule is CC(N)Cc1cc(C2CCOCC2)n(C)n1. The summed E-state index contributed by atoms with van der Waals surface area (Å²) in [4.78, 5) is 0. The van der Waals surface area contributed by atoms with Crippen LogP contribution >= 0.6 is 0 Å². The van der Waals surface area contributed by atoms with Crippen LogP contribution in [0.5, 0.6) is 0 Å². The number of aromatic nitrogens is 2. The van der Waals surface area contributed by atoms with E-state index in [0.29, 0.717) is 5.92 Å². The third kappa shape index (κ3) is 2.62. The predicted octanol–water partition coefficient (Wildman–Crippen LogP) is 1.20. The highest BCUT2D eigenvalue weighted by molar-refractivity contribution is 5.16. The molecule has 0 radical (unpaired) electrons. The van der Waals surface area contributed by atoms with Gasteiger partial charge < -0.3 is 10.5 Å². The molecule has 90 valence electrons. The molecule has 1 fully saturated rings. The van der Waals surface area contributed by atoms with Gasteiger partial charge in [0.2, 0.25) is 0 Å². The first-order valence-corrected chi connectivity index (χ1v) is 6.03. The first-order chi connectivity index (χ1) is 7.66. The maximum Gasteiger partial charge on any atom is 0.0642 e. The molecule has 0 saturated carbocycles. The Morgan fingerprint density at radius 3 is 2.88 bits per heavy atom. The summed E-state index contributed by atoms with van der Waals surface area (Å²) in [6.45, 7) is 3.76. The van der Waals surface area contributed by atoms with Gasteiger partial charge in [0, 0.05) is 44.3 Å². The summed E-state index contributed by atoms with van der Waals surface area (Å²) in [6.07, 6.45) is 3.07. The van der Waals surface area contributed by atoms with E-state index in [2.05, 4.69) is 11.2 Å². The summed E-state index contributed by atoms with van der Waals surface area (Å²) in [5.41, 5.74) is 8.24. The summed E-state index contributed by atoms with van der Waals surface area (Å²) in [6, 6.07) is 2.39. The summed E-state index contributed by atoms with van der Waals surface area (Å²) < 4.78 is 7.39. The lowest BCUT2D eigenvalue weighted by molar-refractivity contribution is 0.0837. The molecule has 0 amide bonds. The standard InChI is InChI=1S/C12H21N3O/c1-9(13)7-11-8-12(15(2)14-11)10-3-5-16-6-4-10/h8-10H,3-7,13H2,1-2H3. The molecule has 1 atom stereocenters. The monoisotopic (exact) mass is 223 g/mol. The number of hydrogen-bond acceptors (Lipinski definition) is 3. The molecule has 1 aliphatic rings. The quantitative estimate of drug-likeness (QED) is 0.838. The van der Waals surface area contributed by atoms with Crippen LogP contribution in [-0.4, -0.2) is 29.0 Å². The van der Waals surface area contributed by atoms with Gasteiger partial charge >= 0.3 is 0 Å². The fourth-order valence-electron chi connectivity index (χ4n) is 2.35. The minimum atomic E-state index is 0.178. The van der Waals surface area contributed by atoms with Crippen molar-refractivity contribution < 1.29 is 4.74 Å². The van der Waals surface area contributed by atoms with Crippen molar-refractivity contribution in [3.63, 3.8) is 0 Å².